The highest BCUT2D eigenvalue weighted by Gasteiger charge is 2.12. The molecule has 2 aromatic carbocycles. The first-order valence-corrected chi connectivity index (χ1v) is 9.35. The van der Waals surface area contributed by atoms with Crippen molar-refractivity contribution in [2.45, 2.75) is 13.3 Å². The van der Waals surface area contributed by atoms with Gasteiger partial charge < -0.3 is 9.26 Å². The Hall–Kier alpha value is -3.06. The van der Waals surface area contributed by atoms with Crippen LogP contribution in [0.15, 0.2) is 58.4 Å². The van der Waals surface area contributed by atoms with Crippen LogP contribution in [0.25, 0.3) is 22.6 Å². The number of halogens is 1. The lowest BCUT2D eigenvalue weighted by atomic mass is 10.2. The first kappa shape index (κ1) is 17.4. The lowest BCUT2D eigenvalue weighted by Crippen LogP contribution is -1.91. The topological polar surface area (TPSA) is 61.0 Å². The minimum absolute atomic E-state index is 0.299. The Kier molecular flexibility index (Phi) is 4.93. The Labute approximate surface area is 159 Å². The molecule has 2 aromatic heterocycles. The van der Waals surface area contributed by atoms with Crippen LogP contribution in [-0.4, -0.2) is 21.7 Å². The highest BCUT2D eigenvalue weighted by Crippen LogP contribution is 2.25. The molecule has 4 aromatic rings. The zero-order valence-corrected chi connectivity index (χ0v) is 15.4. The van der Waals surface area contributed by atoms with E-state index >= 15 is 0 Å². The van der Waals surface area contributed by atoms with Crippen molar-refractivity contribution in [2.75, 3.05) is 6.61 Å². The van der Waals surface area contributed by atoms with Gasteiger partial charge in [0.25, 0.3) is 0 Å². The molecule has 0 amide bonds. The predicted octanol–water partition coefficient (Wildman–Crippen LogP) is 4.99. The zero-order chi connectivity index (χ0) is 18.6. The van der Waals surface area contributed by atoms with Crippen molar-refractivity contribution in [2.24, 2.45) is 0 Å². The fourth-order valence-corrected chi connectivity index (χ4v) is 3.38. The summed E-state index contributed by atoms with van der Waals surface area (Å²) in [5.41, 5.74) is 2.63. The third-order valence-electron chi connectivity index (χ3n) is 3.89. The molecule has 0 saturated carbocycles. The molecule has 0 bridgehead atoms. The molecule has 7 heteroatoms. The Morgan fingerprint density at radius 1 is 1.00 bits per heavy atom. The summed E-state index contributed by atoms with van der Waals surface area (Å²) in [5, 5.41) is 6.84. The summed E-state index contributed by atoms with van der Waals surface area (Å²) in [7, 11) is 0. The molecular weight excluding hydrogens is 365 g/mol. The van der Waals surface area contributed by atoms with Crippen LogP contribution in [0.4, 0.5) is 4.39 Å². The van der Waals surface area contributed by atoms with Crippen LogP contribution in [0.2, 0.25) is 0 Å². The standard InChI is InChI=1S/C20H16FN3O2S/c1-2-25-16-9-5-13(6-10-16)17-12-27-19(22-17)11-18-23-20(24-26-18)14-3-7-15(21)8-4-14/h3-10,12H,2,11H2,1H3. The van der Waals surface area contributed by atoms with E-state index in [1.807, 2.05) is 36.6 Å². The van der Waals surface area contributed by atoms with Gasteiger partial charge in [0.1, 0.15) is 16.6 Å². The van der Waals surface area contributed by atoms with E-state index in [1.54, 1.807) is 23.5 Å². The van der Waals surface area contributed by atoms with E-state index < -0.39 is 0 Å². The molecule has 2 heterocycles. The Bertz CT molecular complexity index is 1030. The molecule has 4 rings (SSSR count). The number of thiazole rings is 1. The average Bonchev–Trinajstić information content (AvgIpc) is 3.34. The molecule has 0 fully saturated rings. The molecule has 0 atom stereocenters. The summed E-state index contributed by atoms with van der Waals surface area (Å²) in [6, 6.07) is 13.8. The van der Waals surface area contributed by atoms with Gasteiger partial charge in [0.05, 0.1) is 18.7 Å². The molecule has 0 aliphatic rings. The van der Waals surface area contributed by atoms with E-state index in [4.69, 9.17) is 9.26 Å². The van der Waals surface area contributed by atoms with Gasteiger partial charge in [0, 0.05) is 16.5 Å². The average molecular weight is 381 g/mol. The Balaban J connectivity index is 1.47. The number of rotatable bonds is 6. The second-order valence-electron chi connectivity index (χ2n) is 5.78. The molecule has 0 aliphatic heterocycles. The van der Waals surface area contributed by atoms with Crippen molar-refractivity contribution < 1.29 is 13.7 Å². The fraction of sp³-hybridized carbons (Fsp3) is 0.150. The van der Waals surface area contributed by atoms with Gasteiger partial charge in [-0.05, 0) is 55.5 Å². The van der Waals surface area contributed by atoms with E-state index in [0.717, 1.165) is 22.0 Å². The number of ether oxygens (including phenoxy) is 1. The van der Waals surface area contributed by atoms with Crippen molar-refractivity contribution in [3.63, 3.8) is 0 Å². The first-order valence-electron chi connectivity index (χ1n) is 8.47. The normalized spacial score (nSPS) is 10.9. The molecule has 0 saturated heterocycles. The van der Waals surface area contributed by atoms with Crippen LogP contribution in [0.5, 0.6) is 5.75 Å². The van der Waals surface area contributed by atoms with Crippen LogP contribution < -0.4 is 4.74 Å². The maximum Gasteiger partial charge on any atom is 0.233 e. The van der Waals surface area contributed by atoms with E-state index in [9.17, 15) is 4.39 Å². The summed E-state index contributed by atoms with van der Waals surface area (Å²) in [6.45, 7) is 2.60. The molecule has 136 valence electrons. The molecule has 27 heavy (non-hydrogen) atoms. The fourth-order valence-electron chi connectivity index (χ4n) is 2.59. The molecule has 0 spiro atoms. The third-order valence-corrected chi connectivity index (χ3v) is 4.73. The lowest BCUT2D eigenvalue weighted by Gasteiger charge is -2.03. The van der Waals surface area contributed by atoms with Crippen LogP contribution >= 0.6 is 11.3 Å². The van der Waals surface area contributed by atoms with Gasteiger partial charge >= 0.3 is 0 Å². The number of benzene rings is 2. The number of aromatic nitrogens is 3. The van der Waals surface area contributed by atoms with Gasteiger partial charge in [-0.3, -0.25) is 0 Å². The Morgan fingerprint density at radius 3 is 2.48 bits per heavy atom. The zero-order valence-electron chi connectivity index (χ0n) is 14.6. The van der Waals surface area contributed by atoms with Crippen LogP contribution in [0.3, 0.4) is 0 Å². The minimum Gasteiger partial charge on any atom is -0.494 e. The highest BCUT2D eigenvalue weighted by atomic mass is 32.1. The summed E-state index contributed by atoms with van der Waals surface area (Å²) in [4.78, 5) is 9.01. The van der Waals surface area contributed by atoms with Crippen molar-refractivity contribution in [1.82, 2.24) is 15.1 Å². The molecule has 0 unspecified atom stereocenters. The summed E-state index contributed by atoms with van der Waals surface area (Å²) < 4.78 is 23.8. The van der Waals surface area contributed by atoms with Gasteiger partial charge in [-0.15, -0.1) is 11.3 Å². The summed E-state index contributed by atoms with van der Waals surface area (Å²) in [6.07, 6.45) is 0.454. The Morgan fingerprint density at radius 2 is 1.74 bits per heavy atom. The van der Waals surface area contributed by atoms with Gasteiger partial charge in [0.15, 0.2) is 0 Å². The van der Waals surface area contributed by atoms with Crippen molar-refractivity contribution in [3.8, 4) is 28.4 Å². The molecular formula is C20H16FN3O2S. The second-order valence-corrected chi connectivity index (χ2v) is 6.72. The molecule has 0 aliphatic carbocycles. The SMILES string of the molecule is CCOc1ccc(-c2csc(Cc3nc(-c4ccc(F)cc4)no3)n2)cc1. The second kappa shape index (κ2) is 7.67. The summed E-state index contributed by atoms with van der Waals surface area (Å²) in [5.74, 6) is 1.46. The van der Waals surface area contributed by atoms with Crippen molar-refractivity contribution >= 4 is 11.3 Å². The van der Waals surface area contributed by atoms with E-state index in [-0.39, 0.29) is 5.82 Å². The monoisotopic (exact) mass is 381 g/mol. The third kappa shape index (κ3) is 4.03. The van der Waals surface area contributed by atoms with Crippen LogP contribution in [0.1, 0.15) is 17.8 Å². The van der Waals surface area contributed by atoms with Gasteiger partial charge in [-0.25, -0.2) is 9.37 Å². The van der Waals surface area contributed by atoms with E-state index in [1.165, 1.54) is 12.1 Å². The molecule has 5 nitrogen and oxygen atoms in total. The minimum atomic E-state index is -0.299. The van der Waals surface area contributed by atoms with Crippen LogP contribution in [-0.2, 0) is 6.42 Å². The van der Waals surface area contributed by atoms with Crippen LogP contribution in [0, 0.1) is 5.82 Å². The highest BCUT2D eigenvalue weighted by molar-refractivity contribution is 7.10. The van der Waals surface area contributed by atoms with Gasteiger partial charge in [0.2, 0.25) is 11.7 Å². The van der Waals surface area contributed by atoms with E-state index in [2.05, 4.69) is 15.1 Å². The molecule has 0 N–H and O–H groups in total. The largest absolute Gasteiger partial charge is 0.494 e. The number of hydrogen-bond donors (Lipinski definition) is 0. The summed E-state index contributed by atoms with van der Waals surface area (Å²) >= 11 is 1.54. The number of nitrogens with zero attached hydrogens (tertiary/aromatic N) is 3. The van der Waals surface area contributed by atoms with Gasteiger partial charge in [-0.2, -0.15) is 4.98 Å². The van der Waals surface area contributed by atoms with Crippen molar-refractivity contribution in [3.05, 3.63) is 70.6 Å². The van der Waals surface area contributed by atoms with E-state index in [0.29, 0.717) is 30.3 Å². The maximum absolute atomic E-state index is 13.0. The predicted molar refractivity (Wildman–Crippen MR) is 101 cm³/mol. The van der Waals surface area contributed by atoms with Crippen molar-refractivity contribution in [1.29, 1.82) is 0 Å². The first-order chi connectivity index (χ1) is 13.2. The lowest BCUT2D eigenvalue weighted by molar-refractivity contribution is 0.340. The maximum atomic E-state index is 13.0. The molecule has 0 radical (unpaired) electrons. The smallest absolute Gasteiger partial charge is 0.233 e. The quantitative estimate of drug-likeness (QED) is 0.471. The van der Waals surface area contributed by atoms with Gasteiger partial charge in [-0.1, -0.05) is 5.16 Å². The number of hydrogen-bond acceptors (Lipinski definition) is 6.